The van der Waals surface area contributed by atoms with E-state index in [1.54, 1.807) is 72.1 Å². The summed E-state index contributed by atoms with van der Waals surface area (Å²) in [6.07, 6.45) is 1.94. The van der Waals surface area contributed by atoms with Crippen LogP contribution in [0.25, 0.3) is 0 Å². The van der Waals surface area contributed by atoms with Gasteiger partial charge in [-0.25, -0.2) is 8.42 Å². The summed E-state index contributed by atoms with van der Waals surface area (Å²) in [6, 6.07) is 29.6. The molecule has 4 aromatic carbocycles. The van der Waals surface area contributed by atoms with Gasteiger partial charge >= 0.3 is 0 Å². The number of hydrogen-bond donors (Lipinski definition) is 1. The average Bonchev–Trinajstić information content (AvgIpc) is 2.93. The van der Waals surface area contributed by atoms with Crippen LogP contribution in [0.5, 0.6) is 0 Å². The minimum atomic E-state index is -3.71. The lowest BCUT2D eigenvalue weighted by Crippen LogP contribution is -2.26. The molecule has 1 N–H and O–H groups in total. The quantitative estimate of drug-likeness (QED) is 0.226. The number of carbonyl (C=O) groups excluding carboxylic acids is 1. The third kappa shape index (κ3) is 6.57. The molecule has 0 aliphatic rings. The second-order valence-corrected chi connectivity index (χ2v) is 12.3. The molecule has 0 heterocycles. The largest absolute Gasteiger partial charge is 0.322 e. The fraction of sp³-hybridized carbons (Fsp3) is 0.138. The summed E-state index contributed by atoms with van der Waals surface area (Å²) in [5.41, 5.74) is 3.83. The first-order valence-electron chi connectivity index (χ1n) is 11.6. The van der Waals surface area contributed by atoms with Crippen LogP contribution in [-0.4, -0.2) is 27.6 Å². The van der Waals surface area contributed by atoms with Crippen molar-refractivity contribution >= 4 is 50.8 Å². The summed E-state index contributed by atoms with van der Waals surface area (Å²) < 4.78 is 27.3. The van der Waals surface area contributed by atoms with Gasteiger partial charge in [-0.05, 0) is 91.0 Å². The maximum Gasteiger partial charge on any atom is 0.264 e. The molecule has 37 heavy (non-hydrogen) atoms. The zero-order valence-corrected chi connectivity index (χ0v) is 23.3. The predicted molar refractivity (Wildman–Crippen MR) is 155 cm³/mol. The number of nitrogens with zero attached hydrogens (tertiary/aromatic N) is 1. The number of aryl methyl sites for hydroxylation is 1. The number of nitrogens with one attached hydrogen (secondary N) is 1. The first-order valence-corrected chi connectivity index (χ1v) is 15.2. The summed E-state index contributed by atoms with van der Waals surface area (Å²) in [7, 11) is -2.20. The van der Waals surface area contributed by atoms with Crippen LogP contribution in [0.15, 0.2) is 112 Å². The van der Waals surface area contributed by atoms with Crippen LogP contribution in [0.1, 0.15) is 21.5 Å². The molecule has 0 aliphatic heterocycles. The molecular formula is C29H28N2O3S3. The highest BCUT2D eigenvalue weighted by molar-refractivity contribution is 7.98. The molecule has 0 atom stereocenters. The molecule has 0 unspecified atom stereocenters. The van der Waals surface area contributed by atoms with Gasteiger partial charge in [0, 0.05) is 33.8 Å². The maximum absolute atomic E-state index is 13.0. The summed E-state index contributed by atoms with van der Waals surface area (Å²) in [5, 5.41) is 2.96. The Morgan fingerprint density at radius 2 is 1.54 bits per heavy atom. The zero-order valence-electron chi connectivity index (χ0n) is 20.8. The van der Waals surface area contributed by atoms with Crippen molar-refractivity contribution in [3.8, 4) is 0 Å². The Labute approximate surface area is 227 Å². The Kier molecular flexibility index (Phi) is 8.63. The number of hydrogen-bond acceptors (Lipinski definition) is 5. The van der Waals surface area contributed by atoms with Crippen LogP contribution in [0.4, 0.5) is 11.4 Å². The zero-order chi connectivity index (χ0) is 26.4. The van der Waals surface area contributed by atoms with E-state index in [-0.39, 0.29) is 10.8 Å². The Hall–Kier alpha value is -3.20. The number of anilines is 2. The molecule has 1 amide bonds. The third-order valence-corrected chi connectivity index (χ3v) is 9.53. The van der Waals surface area contributed by atoms with Gasteiger partial charge in [-0.1, -0.05) is 30.3 Å². The van der Waals surface area contributed by atoms with E-state index in [1.165, 1.54) is 21.8 Å². The molecule has 4 rings (SSSR count). The number of carbonyl (C=O) groups is 1. The van der Waals surface area contributed by atoms with Gasteiger partial charge in [0.25, 0.3) is 15.9 Å². The van der Waals surface area contributed by atoms with Crippen molar-refractivity contribution in [1.82, 2.24) is 0 Å². The fourth-order valence-corrected chi connectivity index (χ4v) is 6.17. The first kappa shape index (κ1) is 26.9. The van der Waals surface area contributed by atoms with E-state index in [0.717, 1.165) is 21.9 Å². The standard InChI is InChI=1S/C29H28N2O3S3/c1-21-19-22(20-36-26-7-5-4-6-8-26)9-18-28(21)30-29(32)23-10-12-24(13-11-23)31(2)37(33,34)27-16-14-25(35-3)15-17-27/h4-19H,20H2,1-3H3,(H,30,32). The number of thioether (sulfide) groups is 2. The highest BCUT2D eigenvalue weighted by Gasteiger charge is 2.21. The lowest BCUT2D eigenvalue weighted by atomic mass is 10.1. The van der Waals surface area contributed by atoms with Gasteiger partial charge in [0.1, 0.15) is 0 Å². The molecule has 5 nitrogen and oxygen atoms in total. The van der Waals surface area contributed by atoms with Crippen LogP contribution in [-0.2, 0) is 15.8 Å². The summed E-state index contributed by atoms with van der Waals surface area (Å²) in [6.45, 7) is 1.97. The van der Waals surface area contributed by atoms with Crippen molar-refractivity contribution in [2.75, 3.05) is 22.9 Å². The van der Waals surface area contributed by atoms with Crippen molar-refractivity contribution in [1.29, 1.82) is 0 Å². The van der Waals surface area contributed by atoms with E-state index in [9.17, 15) is 13.2 Å². The molecule has 0 bridgehead atoms. The molecule has 8 heteroatoms. The summed E-state index contributed by atoms with van der Waals surface area (Å²) in [5.74, 6) is 0.595. The minimum absolute atomic E-state index is 0.218. The second kappa shape index (κ2) is 11.9. The van der Waals surface area contributed by atoms with Crippen LogP contribution in [0.3, 0.4) is 0 Å². The number of benzene rings is 4. The molecule has 190 valence electrons. The van der Waals surface area contributed by atoms with Crippen molar-refractivity contribution in [2.24, 2.45) is 0 Å². The second-order valence-electron chi connectivity index (χ2n) is 8.40. The highest BCUT2D eigenvalue weighted by Crippen LogP contribution is 2.27. The van der Waals surface area contributed by atoms with Crippen molar-refractivity contribution in [3.63, 3.8) is 0 Å². The molecule has 0 fully saturated rings. The van der Waals surface area contributed by atoms with Gasteiger partial charge in [0.15, 0.2) is 0 Å². The molecule has 4 aromatic rings. The lowest BCUT2D eigenvalue weighted by Gasteiger charge is -2.20. The molecule has 0 spiro atoms. The van der Waals surface area contributed by atoms with Gasteiger partial charge in [-0.15, -0.1) is 23.5 Å². The Morgan fingerprint density at radius 3 is 2.16 bits per heavy atom. The smallest absolute Gasteiger partial charge is 0.264 e. The molecule has 0 saturated heterocycles. The van der Waals surface area contributed by atoms with Crippen LogP contribution < -0.4 is 9.62 Å². The topological polar surface area (TPSA) is 66.5 Å². The number of rotatable bonds is 9. The van der Waals surface area contributed by atoms with E-state index in [1.807, 2.05) is 43.5 Å². The molecule has 0 aliphatic carbocycles. The predicted octanol–water partition coefficient (Wildman–Crippen LogP) is 7.09. The van der Waals surface area contributed by atoms with Crippen LogP contribution in [0, 0.1) is 6.92 Å². The van der Waals surface area contributed by atoms with E-state index in [4.69, 9.17) is 0 Å². The van der Waals surface area contributed by atoms with Gasteiger partial charge in [-0.2, -0.15) is 0 Å². The fourth-order valence-electron chi connectivity index (χ4n) is 3.70. The van der Waals surface area contributed by atoms with E-state index in [0.29, 0.717) is 11.3 Å². The molecule has 0 aromatic heterocycles. The van der Waals surface area contributed by atoms with Crippen LogP contribution >= 0.6 is 23.5 Å². The first-order chi connectivity index (χ1) is 17.8. The van der Waals surface area contributed by atoms with Gasteiger partial charge in [0.2, 0.25) is 0 Å². The SMILES string of the molecule is CSc1ccc(S(=O)(=O)N(C)c2ccc(C(=O)Nc3ccc(CSc4ccccc4)cc3C)cc2)cc1. The van der Waals surface area contributed by atoms with E-state index in [2.05, 4.69) is 23.5 Å². The normalized spacial score (nSPS) is 11.2. The minimum Gasteiger partial charge on any atom is -0.322 e. The highest BCUT2D eigenvalue weighted by atomic mass is 32.2. The van der Waals surface area contributed by atoms with E-state index >= 15 is 0 Å². The molecular weight excluding hydrogens is 521 g/mol. The Bertz CT molecular complexity index is 1470. The van der Waals surface area contributed by atoms with Crippen LogP contribution in [0.2, 0.25) is 0 Å². The third-order valence-electron chi connectivity index (χ3n) is 5.90. The molecule has 0 radical (unpaired) electrons. The maximum atomic E-state index is 13.0. The van der Waals surface area contributed by atoms with Crippen molar-refractivity contribution < 1.29 is 13.2 Å². The summed E-state index contributed by atoms with van der Waals surface area (Å²) in [4.78, 5) is 15.3. The van der Waals surface area contributed by atoms with Gasteiger partial charge in [0.05, 0.1) is 10.6 Å². The monoisotopic (exact) mass is 548 g/mol. The summed E-state index contributed by atoms with van der Waals surface area (Å²) >= 11 is 3.32. The van der Waals surface area contributed by atoms with E-state index < -0.39 is 10.0 Å². The Balaban J connectivity index is 1.40. The Morgan fingerprint density at radius 1 is 0.865 bits per heavy atom. The number of amides is 1. The van der Waals surface area contributed by atoms with Gasteiger partial charge < -0.3 is 5.32 Å². The van der Waals surface area contributed by atoms with Crippen molar-refractivity contribution in [2.45, 2.75) is 27.4 Å². The number of sulfonamides is 1. The lowest BCUT2D eigenvalue weighted by molar-refractivity contribution is 0.102. The van der Waals surface area contributed by atoms with Crippen molar-refractivity contribution in [3.05, 3.63) is 114 Å². The van der Waals surface area contributed by atoms with Gasteiger partial charge in [-0.3, -0.25) is 9.10 Å². The molecule has 0 saturated carbocycles. The average molecular weight is 549 g/mol.